The van der Waals surface area contributed by atoms with Gasteiger partial charge in [-0.1, -0.05) is 12.1 Å². The summed E-state index contributed by atoms with van der Waals surface area (Å²) in [6, 6.07) is 5.38. The molecule has 0 aromatic heterocycles. The molecule has 120 valence electrons. The second kappa shape index (κ2) is 6.34. The highest BCUT2D eigenvalue weighted by Gasteiger charge is 2.43. The first-order valence-corrected chi connectivity index (χ1v) is 8.07. The highest BCUT2D eigenvalue weighted by molar-refractivity contribution is 5.81. The van der Waals surface area contributed by atoms with Crippen molar-refractivity contribution >= 4 is 5.91 Å². The molecule has 2 saturated heterocycles. The van der Waals surface area contributed by atoms with Crippen LogP contribution in [-0.4, -0.2) is 41.1 Å². The van der Waals surface area contributed by atoms with E-state index in [2.05, 4.69) is 10.2 Å². The zero-order valence-corrected chi connectivity index (χ0v) is 12.7. The standard InChI is InChI=1S/C17H23FN2O2/c18-14-5-3-13(4-6-14)15(21)16(22)19-10-9-17-7-1-11-20(17)12-2-8-17/h3-6,15,21H,1-2,7-12H2,(H,19,22). The monoisotopic (exact) mass is 306 g/mol. The van der Waals surface area contributed by atoms with E-state index in [1.165, 1.54) is 63.0 Å². The summed E-state index contributed by atoms with van der Waals surface area (Å²) in [6.45, 7) is 2.92. The fraction of sp³-hybridized carbons (Fsp3) is 0.588. The smallest absolute Gasteiger partial charge is 0.253 e. The molecule has 1 unspecified atom stereocenters. The highest BCUT2D eigenvalue weighted by Crippen LogP contribution is 2.40. The van der Waals surface area contributed by atoms with Crippen LogP contribution in [0.4, 0.5) is 4.39 Å². The molecule has 2 aliphatic rings. The van der Waals surface area contributed by atoms with Gasteiger partial charge in [0.25, 0.3) is 5.91 Å². The van der Waals surface area contributed by atoms with Crippen LogP contribution in [0.2, 0.25) is 0 Å². The number of amides is 1. The summed E-state index contributed by atoms with van der Waals surface area (Å²) in [5.41, 5.74) is 0.689. The molecule has 1 amide bonds. The molecular formula is C17H23FN2O2. The van der Waals surface area contributed by atoms with E-state index in [4.69, 9.17) is 0 Å². The van der Waals surface area contributed by atoms with Crippen molar-refractivity contribution in [2.75, 3.05) is 19.6 Å². The average molecular weight is 306 g/mol. The van der Waals surface area contributed by atoms with Gasteiger partial charge in [0, 0.05) is 12.1 Å². The van der Waals surface area contributed by atoms with Crippen molar-refractivity contribution in [3.8, 4) is 0 Å². The maximum Gasteiger partial charge on any atom is 0.253 e. The van der Waals surface area contributed by atoms with Crippen molar-refractivity contribution in [1.29, 1.82) is 0 Å². The van der Waals surface area contributed by atoms with Crippen molar-refractivity contribution < 1.29 is 14.3 Å². The fourth-order valence-electron chi connectivity index (χ4n) is 3.94. The van der Waals surface area contributed by atoms with E-state index in [0.29, 0.717) is 12.1 Å². The predicted octanol–water partition coefficient (Wildman–Crippen LogP) is 1.99. The Hall–Kier alpha value is -1.46. The lowest BCUT2D eigenvalue weighted by Crippen LogP contribution is -2.42. The SMILES string of the molecule is O=C(NCCC12CCCN1CCC2)C(O)c1ccc(F)cc1. The third-order valence-electron chi connectivity index (χ3n) is 5.13. The Morgan fingerprint density at radius 2 is 1.91 bits per heavy atom. The van der Waals surface area contributed by atoms with Crippen LogP contribution in [0.15, 0.2) is 24.3 Å². The maximum absolute atomic E-state index is 12.9. The third-order valence-corrected chi connectivity index (χ3v) is 5.13. The van der Waals surface area contributed by atoms with Crippen LogP contribution in [0.1, 0.15) is 43.8 Å². The number of nitrogens with one attached hydrogen (secondary N) is 1. The molecule has 1 aromatic carbocycles. The lowest BCUT2D eigenvalue weighted by Gasteiger charge is -2.32. The molecule has 4 nitrogen and oxygen atoms in total. The first-order chi connectivity index (χ1) is 10.6. The summed E-state index contributed by atoms with van der Waals surface area (Å²) in [7, 11) is 0. The van der Waals surface area contributed by atoms with Gasteiger partial charge >= 0.3 is 0 Å². The molecule has 0 aliphatic carbocycles. The van der Waals surface area contributed by atoms with E-state index in [1.54, 1.807) is 0 Å². The van der Waals surface area contributed by atoms with E-state index in [-0.39, 0.29) is 11.4 Å². The maximum atomic E-state index is 12.9. The number of rotatable bonds is 5. The second-order valence-corrected chi connectivity index (χ2v) is 6.41. The first kappa shape index (κ1) is 15.4. The van der Waals surface area contributed by atoms with Crippen molar-refractivity contribution in [2.24, 2.45) is 0 Å². The molecule has 0 saturated carbocycles. The summed E-state index contributed by atoms with van der Waals surface area (Å²) in [5.74, 6) is -0.788. The molecule has 1 aromatic rings. The lowest BCUT2D eigenvalue weighted by molar-refractivity contribution is -0.129. The van der Waals surface area contributed by atoms with E-state index < -0.39 is 12.0 Å². The lowest BCUT2D eigenvalue weighted by atomic mass is 9.90. The molecule has 3 rings (SSSR count). The quantitative estimate of drug-likeness (QED) is 0.875. The Kier molecular flexibility index (Phi) is 4.45. The number of carbonyl (C=O) groups is 1. The number of aliphatic hydroxyl groups is 1. The van der Waals surface area contributed by atoms with Gasteiger partial charge in [0.05, 0.1) is 0 Å². The minimum atomic E-state index is -1.23. The molecule has 1 atom stereocenters. The van der Waals surface area contributed by atoms with Gasteiger partial charge in [-0.05, 0) is 62.9 Å². The molecule has 0 bridgehead atoms. The number of halogens is 1. The fourth-order valence-corrected chi connectivity index (χ4v) is 3.94. The minimum Gasteiger partial charge on any atom is -0.378 e. The topological polar surface area (TPSA) is 52.6 Å². The Morgan fingerprint density at radius 3 is 2.55 bits per heavy atom. The van der Waals surface area contributed by atoms with Gasteiger partial charge < -0.3 is 10.4 Å². The zero-order valence-electron chi connectivity index (χ0n) is 12.7. The summed E-state index contributed by atoms with van der Waals surface area (Å²) in [5, 5.41) is 12.8. The minimum absolute atomic E-state index is 0.272. The first-order valence-electron chi connectivity index (χ1n) is 8.07. The predicted molar refractivity (Wildman–Crippen MR) is 81.8 cm³/mol. The Bertz CT molecular complexity index is 522. The van der Waals surface area contributed by atoms with Crippen LogP contribution in [0.3, 0.4) is 0 Å². The van der Waals surface area contributed by atoms with Crippen LogP contribution >= 0.6 is 0 Å². The molecule has 0 spiro atoms. The van der Waals surface area contributed by atoms with Gasteiger partial charge in [-0.15, -0.1) is 0 Å². The van der Waals surface area contributed by atoms with Gasteiger partial charge in [-0.25, -0.2) is 4.39 Å². The molecule has 5 heteroatoms. The van der Waals surface area contributed by atoms with Crippen LogP contribution in [0.5, 0.6) is 0 Å². The number of fused-ring (bicyclic) bond motifs is 1. The van der Waals surface area contributed by atoms with Crippen LogP contribution in [0, 0.1) is 5.82 Å². The van der Waals surface area contributed by atoms with Gasteiger partial charge in [0.2, 0.25) is 0 Å². The van der Waals surface area contributed by atoms with Crippen LogP contribution in [0.25, 0.3) is 0 Å². The number of benzene rings is 1. The molecule has 2 N–H and O–H groups in total. The van der Waals surface area contributed by atoms with Crippen molar-refractivity contribution in [3.05, 3.63) is 35.6 Å². The highest BCUT2D eigenvalue weighted by atomic mass is 19.1. The Morgan fingerprint density at radius 1 is 1.27 bits per heavy atom. The number of hydrogen-bond acceptors (Lipinski definition) is 3. The summed E-state index contributed by atoms with van der Waals surface area (Å²) in [4.78, 5) is 14.6. The molecule has 2 aliphatic heterocycles. The summed E-state index contributed by atoms with van der Waals surface area (Å²) >= 11 is 0. The van der Waals surface area contributed by atoms with E-state index >= 15 is 0 Å². The summed E-state index contributed by atoms with van der Waals surface area (Å²) in [6.07, 6.45) is 4.61. The zero-order chi connectivity index (χ0) is 15.6. The van der Waals surface area contributed by atoms with Gasteiger partial charge in [0.15, 0.2) is 6.10 Å². The molecule has 2 fully saturated rings. The number of aliphatic hydroxyl groups excluding tert-OH is 1. The van der Waals surface area contributed by atoms with Crippen molar-refractivity contribution in [2.45, 2.75) is 43.7 Å². The van der Waals surface area contributed by atoms with E-state index in [9.17, 15) is 14.3 Å². The van der Waals surface area contributed by atoms with Gasteiger partial charge in [-0.3, -0.25) is 9.69 Å². The molecular weight excluding hydrogens is 283 g/mol. The third kappa shape index (κ3) is 3.01. The molecule has 22 heavy (non-hydrogen) atoms. The number of hydrogen-bond donors (Lipinski definition) is 2. The van der Waals surface area contributed by atoms with E-state index in [0.717, 1.165) is 6.42 Å². The molecule has 2 heterocycles. The number of nitrogens with zero attached hydrogens (tertiary/aromatic N) is 1. The van der Waals surface area contributed by atoms with Crippen LogP contribution < -0.4 is 5.32 Å². The average Bonchev–Trinajstić information content (AvgIpc) is 3.07. The largest absolute Gasteiger partial charge is 0.378 e. The van der Waals surface area contributed by atoms with Gasteiger partial charge in [0.1, 0.15) is 5.82 Å². The molecule has 0 radical (unpaired) electrons. The van der Waals surface area contributed by atoms with Crippen LogP contribution in [-0.2, 0) is 4.79 Å². The van der Waals surface area contributed by atoms with Crippen molar-refractivity contribution in [1.82, 2.24) is 10.2 Å². The van der Waals surface area contributed by atoms with Crippen molar-refractivity contribution in [3.63, 3.8) is 0 Å². The Labute approximate surface area is 130 Å². The summed E-state index contributed by atoms with van der Waals surface area (Å²) < 4.78 is 12.9. The van der Waals surface area contributed by atoms with E-state index in [1.807, 2.05) is 0 Å². The Balaban J connectivity index is 1.51. The second-order valence-electron chi connectivity index (χ2n) is 6.41. The number of carbonyl (C=O) groups excluding carboxylic acids is 1. The van der Waals surface area contributed by atoms with Gasteiger partial charge in [-0.2, -0.15) is 0 Å². The normalized spacial score (nSPS) is 21.5.